The molecule has 3 heterocycles. The van der Waals surface area contributed by atoms with E-state index in [-0.39, 0.29) is 29.7 Å². The Kier molecular flexibility index (Phi) is 7.54. The first-order chi connectivity index (χ1) is 20.3. The van der Waals surface area contributed by atoms with Crippen LogP contribution in [-0.4, -0.2) is 69.7 Å². The number of fused-ring (bicyclic) bond motifs is 2. The number of piperidine rings is 1. The van der Waals surface area contributed by atoms with Gasteiger partial charge in [0, 0.05) is 42.8 Å². The van der Waals surface area contributed by atoms with Crippen molar-refractivity contribution in [3.8, 4) is 11.1 Å². The lowest BCUT2D eigenvalue weighted by Gasteiger charge is -2.31. The van der Waals surface area contributed by atoms with Crippen LogP contribution in [0.3, 0.4) is 0 Å². The standard InChI is InChI=1S/C34H37N5O3/c1-21(2)15-30(38(3)33(41)29-17-23-11-7-8-12-27(23)37-29)32(40)36-19-31-26-16-25(26)20-39(31)34(42)28-14-13-24(18-35-28)22-9-5-4-6-10-22/h4-14,17-18,21,25-26,30-31,37H,15-16,19-20H2,1-3H3,(H,36,40)/t25-,26?,30-,31+/m0/s1. The number of carbonyl (C=O) groups excluding carboxylic acids is 3. The Hall–Kier alpha value is -4.46. The molecular weight excluding hydrogens is 526 g/mol. The molecule has 8 heteroatoms. The second-order valence-electron chi connectivity index (χ2n) is 12.1. The van der Waals surface area contributed by atoms with Gasteiger partial charge in [0.2, 0.25) is 5.91 Å². The van der Waals surface area contributed by atoms with Crippen LogP contribution in [-0.2, 0) is 4.79 Å². The van der Waals surface area contributed by atoms with Crippen molar-refractivity contribution in [2.75, 3.05) is 20.1 Å². The Morgan fingerprint density at radius 3 is 2.50 bits per heavy atom. The summed E-state index contributed by atoms with van der Waals surface area (Å²) in [7, 11) is 1.69. The Labute approximate surface area is 246 Å². The lowest BCUT2D eigenvalue weighted by atomic mass is 10.0. The first-order valence-corrected chi connectivity index (χ1v) is 14.7. The SMILES string of the molecule is CC(C)C[C@@H](C(=O)NC[C@@H]1C2C[C@H]2CN1C(=O)c1ccc(-c2ccccc2)cn1)N(C)C(=O)c1cc2ccccc2[nH]1. The number of rotatable bonds is 9. The van der Waals surface area contributed by atoms with Crippen molar-refractivity contribution in [3.63, 3.8) is 0 Å². The van der Waals surface area contributed by atoms with Gasteiger partial charge in [0.1, 0.15) is 17.4 Å². The summed E-state index contributed by atoms with van der Waals surface area (Å²) in [5, 5.41) is 4.06. The van der Waals surface area contributed by atoms with Crippen molar-refractivity contribution in [1.82, 2.24) is 25.1 Å². The molecule has 2 aromatic heterocycles. The first kappa shape index (κ1) is 27.7. The molecule has 1 saturated carbocycles. The number of pyridine rings is 1. The van der Waals surface area contributed by atoms with Crippen LogP contribution in [0.5, 0.6) is 0 Å². The maximum Gasteiger partial charge on any atom is 0.272 e. The van der Waals surface area contributed by atoms with Crippen LogP contribution in [0, 0.1) is 17.8 Å². The molecule has 1 aliphatic heterocycles. The minimum absolute atomic E-state index is 0.0866. The van der Waals surface area contributed by atoms with Crippen molar-refractivity contribution in [1.29, 1.82) is 0 Å². The highest BCUT2D eigenvalue weighted by Gasteiger charge is 2.54. The highest BCUT2D eigenvalue weighted by Crippen LogP contribution is 2.49. The molecule has 2 fully saturated rings. The zero-order chi connectivity index (χ0) is 29.4. The summed E-state index contributed by atoms with van der Waals surface area (Å²) < 4.78 is 0. The summed E-state index contributed by atoms with van der Waals surface area (Å²) in [6.45, 7) is 5.13. The van der Waals surface area contributed by atoms with Gasteiger partial charge in [-0.15, -0.1) is 0 Å². The molecule has 2 aliphatic rings. The van der Waals surface area contributed by atoms with E-state index in [9.17, 15) is 14.4 Å². The van der Waals surface area contributed by atoms with E-state index in [1.165, 1.54) is 4.90 Å². The highest BCUT2D eigenvalue weighted by atomic mass is 16.2. The van der Waals surface area contributed by atoms with Gasteiger partial charge in [0.15, 0.2) is 0 Å². The molecular formula is C34H37N5O3. The molecule has 8 nitrogen and oxygen atoms in total. The second kappa shape index (κ2) is 11.4. The van der Waals surface area contributed by atoms with Crippen molar-refractivity contribution in [2.45, 2.75) is 38.8 Å². The van der Waals surface area contributed by atoms with Crippen LogP contribution in [0.1, 0.15) is 47.7 Å². The summed E-state index contributed by atoms with van der Waals surface area (Å²) >= 11 is 0. The zero-order valence-corrected chi connectivity index (χ0v) is 24.3. The number of nitrogens with one attached hydrogen (secondary N) is 2. The molecule has 3 amide bonds. The average molecular weight is 564 g/mol. The monoisotopic (exact) mass is 563 g/mol. The number of nitrogens with zero attached hydrogens (tertiary/aromatic N) is 3. The van der Waals surface area contributed by atoms with Crippen molar-refractivity contribution in [3.05, 3.63) is 90.4 Å². The average Bonchev–Trinajstić information content (AvgIpc) is 3.48. The molecule has 1 saturated heterocycles. The molecule has 0 radical (unpaired) electrons. The summed E-state index contributed by atoms with van der Waals surface area (Å²) in [4.78, 5) is 51.6. The summed E-state index contributed by atoms with van der Waals surface area (Å²) in [6, 6.07) is 22.5. The molecule has 6 rings (SSSR count). The fourth-order valence-corrected chi connectivity index (χ4v) is 6.27. The number of amides is 3. The molecule has 2 N–H and O–H groups in total. The van der Waals surface area contributed by atoms with Crippen LogP contribution in [0.4, 0.5) is 0 Å². The Bertz CT molecular complexity index is 1560. The number of likely N-dealkylation sites (tertiary alicyclic amines) is 1. The smallest absolute Gasteiger partial charge is 0.272 e. The van der Waals surface area contributed by atoms with Gasteiger partial charge < -0.3 is 20.1 Å². The van der Waals surface area contributed by atoms with Gasteiger partial charge in [-0.05, 0) is 54.4 Å². The maximum atomic E-state index is 13.6. The third-order valence-electron chi connectivity index (χ3n) is 8.68. The number of aromatic nitrogens is 2. The lowest BCUT2D eigenvalue weighted by Crippen LogP contribution is -2.52. The molecule has 2 aromatic carbocycles. The largest absolute Gasteiger partial charge is 0.352 e. The topological polar surface area (TPSA) is 98.4 Å². The van der Waals surface area contributed by atoms with E-state index in [0.29, 0.717) is 42.7 Å². The lowest BCUT2D eigenvalue weighted by molar-refractivity contribution is -0.126. The van der Waals surface area contributed by atoms with Gasteiger partial charge in [-0.1, -0.05) is 68.4 Å². The number of aromatic amines is 1. The van der Waals surface area contributed by atoms with E-state index < -0.39 is 6.04 Å². The molecule has 42 heavy (non-hydrogen) atoms. The molecule has 0 spiro atoms. The van der Waals surface area contributed by atoms with Gasteiger partial charge >= 0.3 is 0 Å². The van der Waals surface area contributed by atoms with Crippen molar-refractivity contribution in [2.24, 2.45) is 17.8 Å². The molecule has 4 aromatic rings. The van der Waals surface area contributed by atoms with E-state index in [4.69, 9.17) is 0 Å². The van der Waals surface area contributed by atoms with Crippen molar-refractivity contribution >= 4 is 28.6 Å². The summed E-state index contributed by atoms with van der Waals surface area (Å²) in [6.07, 6.45) is 3.34. The minimum Gasteiger partial charge on any atom is -0.352 e. The summed E-state index contributed by atoms with van der Waals surface area (Å²) in [5.74, 6) is 0.533. The number of para-hydroxylation sites is 1. The van der Waals surface area contributed by atoms with Crippen LogP contribution >= 0.6 is 0 Å². The van der Waals surface area contributed by atoms with Gasteiger partial charge in [-0.3, -0.25) is 19.4 Å². The Balaban J connectivity index is 1.13. The predicted molar refractivity (Wildman–Crippen MR) is 163 cm³/mol. The second-order valence-corrected chi connectivity index (χ2v) is 12.1. The normalized spacial score (nSPS) is 19.9. The number of carbonyl (C=O) groups is 3. The maximum absolute atomic E-state index is 13.6. The van der Waals surface area contributed by atoms with Gasteiger partial charge in [-0.25, -0.2) is 0 Å². The number of hydrogen-bond donors (Lipinski definition) is 2. The molecule has 1 unspecified atom stereocenters. The van der Waals surface area contributed by atoms with E-state index in [2.05, 4.69) is 15.3 Å². The van der Waals surface area contributed by atoms with E-state index in [1.54, 1.807) is 19.3 Å². The minimum atomic E-state index is -0.628. The van der Waals surface area contributed by atoms with Crippen LogP contribution in [0.25, 0.3) is 22.0 Å². The van der Waals surface area contributed by atoms with Gasteiger partial charge in [-0.2, -0.15) is 0 Å². The molecule has 1 aliphatic carbocycles. The van der Waals surface area contributed by atoms with Crippen LogP contribution in [0.2, 0.25) is 0 Å². The fraction of sp³-hybridized carbons (Fsp3) is 0.353. The zero-order valence-electron chi connectivity index (χ0n) is 24.3. The number of H-pyrrole nitrogens is 1. The van der Waals surface area contributed by atoms with Gasteiger partial charge in [0.25, 0.3) is 11.8 Å². The van der Waals surface area contributed by atoms with Crippen LogP contribution in [0.15, 0.2) is 79.0 Å². The van der Waals surface area contributed by atoms with Crippen molar-refractivity contribution < 1.29 is 14.4 Å². The van der Waals surface area contributed by atoms with E-state index in [0.717, 1.165) is 28.5 Å². The predicted octanol–water partition coefficient (Wildman–Crippen LogP) is 4.99. The van der Waals surface area contributed by atoms with Gasteiger partial charge in [0.05, 0.1) is 6.04 Å². The number of likely N-dealkylation sites (N-methyl/N-ethyl adjacent to an activating group) is 1. The number of benzene rings is 2. The van der Waals surface area contributed by atoms with E-state index in [1.807, 2.05) is 85.5 Å². The van der Waals surface area contributed by atoms with Crippen LogP contribution < -0.4 is 5.32 Å². The molecule has 4 atom stereocenters. The fourth-order valence-electron chi connectivity index (χ4n) is 6.27. The molecule has 216 valence electrons. The summed E-state index contributed by atoms with van der Waals surface area (Å²) in [5.41, 5.74) is 3.76. The Morgan fingerprint density at radius 2 is 1.79 bits per heavy atom. The quantitative estimate of drug-likeness (QED) is 0.300. The third kappa shape index (κ3) is 5.53. The first-order valence-electron chi connectivity index (χ1n) is 14.7. The Morgan fingerprint density at radius 1 is 1.02 bits per heavy atom. The molecule has 0 bridgehead atoms. The highest BCUT2D eigenvalue weighted by molar-refractivity contribution is 6.00. The third-order valence-corrected chi connectivity index (χ3v) is 8.68. The number of hydrogen-bond acceptors (Lipinski definition) is 4. The van der Waals surface area contributed by atoms with E-state index >= 15 is 0 Å².